The van der Waals surface area contributed by atoms with Crippen LogP contribution in [0.25, 0.3) is 16.6 Å². The van der Waals surface area contributed by atoms with Gasteiger partial charge in [0.2, 0.25) is 0 Å². The van der Waals surface area contributed by atoms with Crippen LogP contribution in [0.4, 0.5) is 5.82 Å². The Morgan fingerprint density at radius 1 is 1.25 bits per heavy atom. The predicted octanol–water partition coefficient (Wildman–Crippen LogP) is 3.27. The number of nitrogens with zero attached hydrogens (tertiary/aromatic N) is 4. The molecule has 9 heteroatoms. The third kappa shape index (κ3) is 4.92. The Morgan fingerprint density at radius 2 is 2.07 bits per heavy atom. The highest BCUT2D eigenvalue weighted by atomic mass is 35.5. The maximum Gasteiger partial charge on any atom is 0.153 e. The topological polar surface area (TPSA) is 83.6 Å². The largest absolute Gasteiger partial charge is 0.381 e. The van der Waals surface area contributed by atoms with E-state index in [9.17, 15) is 0 Å². The molecule has 2 N–H and O–H groups in total. The van der Waals surface area contributed by atoms with E-state index in [0.29, 0.717) is 35.3 Å². The molecule has 3 aromatic rings. The summed E-state index contributed by atoms with van der Waals surface area (Å²) < 4.78 is 7.31. The van der Waals surface area contributed by atoms with Gasteiger partial charge in [0.05, 0.1) is 34.2 Å². The second-order valence-electron chi connectivity index (χ2n) is 6.38. The monoisotopic (exact) mass is 424 g/mol. The zero-order valence-electron chi connectivity index (χ0n) is 15.4. The smallest absolute Gasteiger partial charge is 0.153 e. The molecule has 0 unspecified atom stereocenters. The maximum absolute atomic E-state index is 8.81. The van der Waals surface area contributed by atoms with Crippen molar-refractivity contribution >= 4 is 39.9 Å². The normalized spacial score (nSPS) is 11.5. The van der Waals surface area contributed by atoms with E-state index in [1.54, 1.807) is 18.6 Å². The fourth-order valence-corrected chi connectivity index (χ4v) is 3.18. The highest BCUT2D eigenvalue weighted by Crippen LogP contribution is 2.34. The standard InChI is InChI=1S/C19H22Cl2N4O3/c1-24(7-2-9-28-10-5-17(26)27)16-11-15(25-8-6-22-12-25)13-3-4-14(20)18(21)19(13)23-16/h3-4,6,8,11-12,17,26-27H,2,5,7,9-10H2,1H3. The first-order valence-electron chi connectivity index (χ1n) is 8.89. The molecule has 0 fully saturated rings. The molecule has 0 saturated carbocycles. The first-order valence-corrected chi connectivity index (χ1v) is 9.65. The summed E-state index contributed by atoms with van der Waals surface area (Å²) in [6.07, 6.45) is 4.95. The molecule has 0 radical (unpaired) electrons. The summed E-state index contributed by atoms with van der Waals surface area (Å²) in [5.41, 5.74) is 1.55. The van der Waals surface area contributed by atoms with Gasteiger partial charge >= 0.3 is 0 Å². The van der Waals surface area contributed by atoms with Crippen molar-refractivity contribution in [3.8, 4) is 5.69 Å². The summed E-state index contributed by atoms with van der Waals surface area (Å²) in [6, 6.07) is 5.65. The summed E-state index contributed by atoms with van der Waals surface area (Å²) in [7, 11) is 1.95. The second-order valence-corrected chi connectivity index (χ2v) is 7.17. The number of aromatic nitrogens is 3. The second kappa shape index (κ2) is 9.54. The summed E-state index contributed by atoms with van der Waals surface area (Å²) in [5.74, 6) is 0.756. The van der Waals surface area contributed by atoms with Crippen LogP contribution in [0.15, 0.2) is 36.9 Å². The molecule has 0 atom stereocenters. The molecule has 150 valence electrons. The van der Waals surface area contributed by atoms with Gasteiger partial charge in [0.1, 0.15) is 5.82 Å². The summed E-state index contributed by atoms with van der Waals surface area (Å²) in [6.45, 7) is 1.54. The Balaban J connectivity index is 1.80. The molecular weight excluding hydrogens is 403 g/mol. The number of anilines is 1. The number of fused-ring (bicyclic) bond motifs is 1. The van der Waals surface area contributed by atoms with Gasteiger partial charge in [-0.25, -0.2) is 9.97 Å². The lowest BCUT2D eigenvalue weighted by molar-refractivity contribution is -0.0610. The lowest BCUT2D eigenvalue weighted by Crippen LogP contribution is -2.21. The first-order chi connectivity index (χ1) is 13.5. The Hall–Kier alpha value is -1.90. The molecule has 0 saturated heterocycles. The number of hydrogen-bond donors (Lipinski definition) is 2. The highest BCUT2D eigenvalue weighted by molar-refractivity contribution is 6.45. The number of rotatable bonds is 9. The van der Waals surface area contributed by atoms with Gasteiger partial charge in [0.15, 0.2) is 6.29 Å². The Kier molecular flexibility index (Phi) is 7.09. The lowest BCUT2D eigenvalue weighted by Gasteiger charge is -2.21. The van der Waals surface area contributed by atoms with E-state index in [4.69, 9.17) is 43.1 Å². The minimum Gasteiger partial charge on any atom is -0.381 e. The maximum atomic E-state index is 8.81. The van der Waals surface area contributed by atoms with Gasteiger partial charge in [-0.1, -0.05) is 23.2 Å². The number of hydrogen-bond acceptors (Lipinski definition) is 6. The molecule has 28 heavy (non-hydrogen) atoms. The van der Waals surface area contributed by atoms with Crippen LogP contribution in [0.1, 0.15) is 12.8 Å². The van der Waals surface area contributed by atoms with Gasteiger partial charge in [0.25, 0.3) is 0 Å². The zero-order valence-corrected chi connectivity index (χ0v) is 16.9. The van der Waals surface area contributed by atoms with E-state index in [1.165, 1.54) is 0 Å². The van der Waals surface area contributed by atoms with Crippen molar-refractivity contribution in [2.24, 2.45) is 0 Å². The fourth-order valence-electron chi connectivity index (χ4n) is 2.82. The van der Waals surface area contributed by atoms with Crippen LogP contribution in [0, 0.1) is 0 Å². The highest BCUT2D eigenvalue weighted by Gasteiger charge is 2.14. The van der Waals surface area contributed by atoms with E-state index in [2.05, 4.69) is 4.98 Å². The van der Waals surface area contributed by atoms with Crippen LogP contribution in [0.5, 0.6) is 0 Å². The fraction of sp³-hybridized carbons (Fsp3) is 0.368. The Bertz CT molecular complexity index is 919. The molecule has 0 bridgehead atoms. The zero-order chi connectivity index (χ0) is 20.1. The first kappa shape index (κ1) is 20.8. The molecule has 3 rings (SSSR count). The van der Waals surface area contributed by atoms with Crippen molar-refractivity contribution in [2.75, 3.05) is 31.7 Å². The predicted molar refractivity (Wildman–Crippen MR) is 110 cm³/mol. The minimum atomic E-state index is -1.33. The third-order valence-electron chi connectivity index (χ3n) is 4.31. The van der Waals surface area contributed by atoms with Gasteiger partial charge in [-0.2, -0.15) is 0 Å². The van der Waals surface area contributed by atoms with E-state index < -0.39 is 6.29 Å². The third-order valence-corrected chi connectivity index (χ3v) is 5.11. The minimum absolute atomic E-state index is 0.204. The number of pyridine rings is 1. The van der Waals surface area contributed by atoms with E-state index in [1.807, 2.05) is 34.8 Å². The van der Waals surface area contributed by atoms with E-state index >= 15 is 0 Å². The summed E-state index contributed by atoms with van der Waals surface area (Å²) in [4.78, 5) is 10.9. The number of imidazole rings is 1. The molecule has 2 aromatic heterocycles. The number of halogens is 2. The number of ether oxygens (including phenoxy) is 1. The van der Waals surface area contributed by atoms with Gasteiger partial charge in [0, 0.05) is 50.5 Å². The van der Waals surface area contributed by atoms with Crippen molar-refractivity contribution in [3.05, 3.63) is 47.0 Å². The SMILES string of the molecule is CN(CCCOCCC(O)O)c1cc(-n2ccnc2)c2ccc(Cl)c(Cl)c2n1. The summed E-state index contributed by atoms with van der Waals surface area (Å²) >= 11 is 12.6. The quantitative estimate of drug-likeness (QED) is 0.405. The molecule has 0 spiro atoms. The molecule has 0 aliphatic carbocycles. The van der Waals surface area contributed by atoms with Gasteiger partial charge in [-0.15, -0.1) is 0 Å². The summed E-state index contributed by atoms with van der Waals surface area (Å²) in [5, 5.41) is 19.4. The average molecular weight is 425 g/mol. The van der Waals surface area contributed by atoms with Crippen LogP contribution in [0.3, 0.4) is 0 Å². The number of aliphatic hydroxyl groups is 2. The average Bonchev–Trinajstić information content (AvgIpc) is 3.21. The van der Waals surface area contributed by atoms with Gasteiger partial charge in [-0.3, -0.25) is 0 Å². The van der Waals surface area contributed by atoms with Crippen molar-refractivity contribution in [2.45, 2.75) is 19.1 Å². The van der Waals surface area contributed by atoms with Crippen LogP contribution >= 0.6 is 23.2 Å². The van der Waals surface area contributed by atoms with Crippen molar-refractivity contribution in [1.29, 1.82) is 0 Å². The lowest BCUT2D eigenvalue weighted by atomic mass is 10.1. The molecule has 2 heterocycles. The molecule has 7 nitrogen and oxygen atoms in total. The van der Waals surface area contributed by atoms with Gasteiger partial charge < -0.3 is 24.4 Å². The van der Waals surface area contributed by atoms with E-state index in [0.717, 1.165) is 23.3 Å². The van der Waals surface area contributed by atoms with Gasteiger partial charge in [-0.05, 0) is 18.6 Å². The Morgan fingerprint density at radius 3 is 2.79 bits per heavy atom. The Labute approximate surface area is 173 Å². The van der Waals surface area contributed by atoms with Crippen LogP contribution in [0.2, 0.25) is 10.0 Å². The van der Waals surface area contributed by atoms with Crippen molar-refractivity contribution in [1.82, 2.24) is 14.5 Å². The van der Waals surface area contributed by atoms with E-state index in [-0.39, 0.29) is 6.42 Å². The van der Waals surface area contributed by atoms with Crippen LogP contribution in [-0.4, -0.2) is 57.8 Å². The van der Waals surface area contributed by atoms with Crippen molar-refractivity contribution < 1.29 is 14.9 Å². The van der Waals surface area contributed by atoms with Crippen molar-refractivity contribution in [3.63, 3.8) is 0 Å². The van der Waals surface area contributed by atoms with Crippen LogP contribution in [-0.2, 0) is 4.74 Å². The number of benzene rings is 1. The molecular formula is C19H22Cl2N4O3. The number of aliphatic hydroxyl groups excluding tert-OH is 1. The molecule has 1 aromatic carbocycles. The molecule has 0 amide bonds. The van der Waals surface area contributed by atoms with Crippen LogP contribution < -0.4 is 4.90 Å². The molecule has 0 aliphatic heterocycles. The molecule has 0 aliphatic rings.